The summed E-state index contributed by atoms with van der Waals surface area (Å²) >= 11 is 0. The smallest absolute Gasteiger partial charge is 0.335 e. The lowest BCUT2D eigenvalue weighted by atomic mass is 9.95. The van der Waals surface area contributed by atoms with E-state index < -0.39 is 186 Å². The number of hydrogen-bond donors (Lipinski definition) is 17. The lowest BCUT2D eigenvalue weighted by Gasteiger charge is -2.49. The number of ether oxygens (including phenoxy) is 9. The van der Waals surface area contributed by atoms with Crippen molar-refractivity contribution in [1.29, 1.82) is 0 Å². The molecular weight excluding hydrogens is 792 g/mol. The van der Waals surface area contributed by atoms with Gasteiger partial charge in [-0.05, 0) is 0 Å². The minimum Gasteiger partial charge on any atom is -0.479 e. The first kappa shape index (κ1) is 46.5. The van der Waals surface area contributed by atoms with Crippen molar-refractivity contribution >= 4 is 5.97 Å². The van der Waals surface area contributed by atoms with E-state index in [0.717, 1.165) is 0 Å². The average Bonchev–Trinajstić information content (AvgIpc) is 3.19. The molecule has 27 nitrogen and oxygen atoms in total. The van der Waals surface area contributed by atoms with E-state index in [1.807, 2.05) is 0 Å². The first-order valence-corrected chi connectivity index (χ1v) is 17.6. The molecule has 0 aromatic rings. The fourth-order valence-corrected chi connectivity index (χ4v) is 6.97. The number of carbonyl (C=O) groups is 1. The van der Waals surface area contributed by atoms with Crippen LogP contribution in [0.3, 0.4) is 0 Å². The molecule has 0 bridgehead atoms. The van der Waals surface area contributed by atoms with Gasteiger partial charge in [0.25, 0.3) is 0 Å². The summed E-state index contributed by atoms with van der Waals surface area (Å²) in [7, 11) is 0. The van der Waals surface area contributed by atoms with Gasteiger partial charge in [0, 0.05) is 0 Å². The maximum atomic E-state index is 12.3. The quantitative estimate of drug-likeness (QED) is 0.0818. The van der Waals surface area contributed by atoms with Gasteiger partial charge in [-0.25, -0.2) is 4.79 Å². The molecule has 25 atom stereocenters. The molecule has 5 saturated heterocycles. The molecule has 27 heteroatoms. The summed E-state index contributed by atoms with van der Waals surface area (Å²) in [6, 6.07) is 0. The number of carboxylic acids is 1. The van der Waals surface area contributed by atoms with Crippen molar-refractivity contribution < 1.29 is 134 Å². The molecular formula is C30H50O27. The summed E-state index contributed by atoms with van der Waals surface area (Å²) in [6.45, 7) is -3.78. The maximum Gasteiger partial charge on any atom is 0.335 e. The van der Waals surface area contributed by atoms with Gasteiger partial charge in [-0.1, -0.05) is 0 Å². The van der Waals surface area contributed by atoms with Crippen LogP contribution >= 0.6 is 0 Å². The minimum absolute atomic E-state index is 0.898. The van der Waals surface area contributed by atoms with E-state index in [0.29, 0.717) is 0 Å². The zero-order valence-electron chi connectivity index (χ0n) is 29.4. The van der Waals surface area contributed by atoms with Crippen LogP contribution in [0.2, 0.25) is 0 Å². The Hall–Kier alpha value is -1.53. The third kappa shape index (κ3) is 9.38. The number of rotatable bonds is 13. The van der Waals surface area contributed by atoms with Gasteiger partial charge in [-0.15, -0.1) is 0 Å². The van der Waals surface area contributed by atoms with E-state index in [-0.39, 0.29) is 0 Å². The summed E-state index contributed by atoms with van der Waals surface area (Å²) in [6.07, 6.45) is -50.0. The maximum absolute atomic E-state index is 12.3. The van der Waals surface area contributed by atoms with E-state index in [4.69, 9.17) is 42.6 Å². The lowest BCUT2D eigenvalue weighted by Crippen LogP contribution is -2.68. The third-order valence-corrected chi connectivity index (χ3v) is 10.3. The van der Waals surface area contributed by atoms with Crippen molar-refractivity contribution in [2.45, 2.75) is 154 Å². The molecule has 1 unspecified atom stereocenters. The topological polar surface area (TPSA) is 444 Å². The second kappa shape index (κ2) is 19.5. The highest BCUT2D eigenvalue weighted by atomic mass is 16.8. The summed E-state index contributed by atoms with van der Waals surface area (Å²) in [4.78, 5) is 12.3. The largest absolute Gasteiger partial charge is 0.479 e. The van der Waals surface area contributed by atoms with Crippen LogP contribution in [0, 0.1) is 0 Å². The van der Waals surface area contributed by atoms with Gasteiger partial charge in [0.15, 0.2) is 37.6 Å². The van der Waals surface area contributed by atoms with Gasteiger partial charge in [-0.3, -0.25) is 0 Å². The minimum atomic E-state index is -2.33. The molecule has 0 radical (unpaired) electrons. The monoisotopic (exact) mass is 842 g/mol. The average molecular weight is 843 g/mol. The molecule has 5 heterocycles. The molecule has 5 aliphatic heterocycles. The molecule has 57 heavy (non-hydrogen) atoms. The van der Waals surface area contributed by atoms with Gasteiger partial charge >= 0.3 is 5.97 Å². The van der Waals surface area contributed by atoms with Gasteiger partial charge < -0.3 is 129 Å². The summed E-state index contributed by atoms with van der Waals surface area (Å²) in [5.41, 5.74) is 0. The molecule has 0 saturated carbocycles. The van der Waals surface area contributed by atoms with Crippen molar-refractivity contribution in [3.63, 3.8) is 0 Å². The van der Waals surface area contributed by atoms with Gasteiger partial charge in [0.2, 0.25) is 0 Å². The SMILES string of the molecule is O=C(O)[C@H]1O[C@@H](O[C@@H]2[C@@H](O[C@@H]3[C@@H](O)[C@H](O[C@H]4[C@H](O)[C@@H](O)C(O)O[C@@H]4CO)O[C@H](CO)[C@H]3O)O[C@H](CO)[C@@H](O)[C@@H]2O)[C@H](O)[C@@H](O)[C@@H]1O[C@@H]1O[C@H](CO)[C@@H](O)[C@H](O)[C@@H]1O. The first-order valence-electron chi connectivity index (χ1n) is 17.6. The Balaban J connectivity index is 1.37. The zero-order valence-corrected chi connectivity index (χ0v) is 29.4. The second-order valence-corrected chi connectivity index (χ2v) is 14.0. The standard InChI is InChI=1S/C30H50O27/c31-1-5-9(35)12(38)17(43)27(50-5)55-22-15(41)18(44)28(57-24(22)25(46)47)56-23-13(39)10(36)6(2-32)52-30(23)54-21-11(37)7(3-33)51-29(19(21)45)53-20-8(4-34)49-26(48)16(42)14(20)40/h5-24,26-45,48H,1-4H2,(H,46,47)/t5-,6-,7-,8-,9-,10-,11-,12+,13+,14-,15-,16-,17+,18-,19-,20-,21+,22+,23+,24+,26?,27+,28-,29+,30-/m1/s1. The van der Waals surface area contributed by atoms with Crippen molar-refractivity contribution in [1.82, 2.24) is 0 Å². The fraction of sp³-hybridized carbons (Fsp3) is 0.967. The van der Waals surface area contributed by atoms with E-state index >= 15 is 0 Å². The fourth-order valence-electron chi connectivity index (χ4n) is 6.97. The van der Waals surface area contributed by atoms with Crippen LogP contribution in [0.1, 0.15) is 0 Å². The molecule has 17 N–H and O–H groups in total. The first-order chi connectivity index (χ1) is 26.9. The molecule has 0 amide bonds. The molecule has 332 valence electrons. The van der Waals surface area contributed by atoms with Crippen molar-refractivity contribution in [3.05, 3.63) is 0 Å². The highest BCUT2D eigenvalue weighted by molar-refractivity contribution is 5.73. The molecule has 5 rings (SSSR count). The van der Waals surface area contributed by atoms with Crippen molar-refractivity contribution in [3.8, 4) is 0 Å². The number of carboxylic acid groups (broad SMARTS) is 1. The molecule has 5 aliphatic rings. The number of hydrogen-bond acceptors (Lipinski definition) is 26. The number of aliphatic carboxylic acids is 1. The Morgan fingerprint density at radius 2 is 0.772 bits per heavy atom. The van der Waals surface area contributed by atoms with Gasteiger partial charge in [0.05, 0.1) is 26.4 Å². The second-order valence-electron chi connectivity index (χ2n) is 14.0. The highest BCUT2D eigenvalue weighted by Crippen LogP contribution is 2.36. The van der Waals surface area contributed by atoms with Crippen molar-refractivity contribution in [2.75, 3.05) is 26.4 Å². The number of aliphatic hydroxyl groups is 16. The summed E-state index contributed by atoms with van der Waals surface area (Å²) in [5, 5.41) is 176. The van der Waals surface area contributed by atoms with Crippen molar-refractivity contribution in [2.24, 2.45) is 0 Å². The summed E-state index contributed by atoms with van der Waals surface area (Å²) in [5.74, 6) is -1.88. The van der Waals surface area contributed by atoms with Crippen LogP contribution in [-0.4, -0.2) is 273 Å². The molecule has 0 aromatic heterocycles. The Bertz CT molecular complexity index is 1280. The lowest BCUT2D eigenvalue weighted by molar-refractivity contribution is -0.399. The summed E-state index contributed by atoms with van der Waals surface area (Å²) < 4.78 is 48.8. The predicted molar refractivity (Wildman–Crippen MR) is 167 cm³/mol. The van der Waals surface area contributed by atoms with Crippen LogP contribution in [0.5, 0.6) is 0 Å². The van der Waals surface area contributed by atoms with Crippen LogP contribution < -0.4 is 0 Å². The van der Waals surface area contributed by atoms with Crippen LogP contribution in [0.15, 0.2) is 0 Å². The molecule has 0 aromatic carbocycles. The van der Waals surface area contributed by atoms with E-state index in [9.17, 15) is 91.6 Å². The predicted octanol–water partition coefficient (Wildman–Crippen LogP) is -11.8. The van der Waals surface area contributed by atoms with Crippen LogP contribution in [0.25, 0.3) is 0 Å². The Morgan fingerprint density at radius 1 is 0.368 bits per heavy atom. The molecule has 5 fully saturated rings. The van der Waals surface area contributed by atoms with E-state index in [2.05, 4.69) is 0 Å². The Labute approximate surface area is 320 Å². The highest BCUT2D eigenvalue weighted by Gasteiger charge is 2.57. The molecule has 0 spiro atoms. The van der Waals surface area contributed by atoms with Gasteiger partial charge in [-0.2, -0.15) is 0 Å². The molecule has 0 aliphatic carbocycles. The Morgan fingerprint density at radius 3 is 1.33 bits per heavy atom. The van der Waals surface area contributed by atoms with Crippen LogP contribution in [-0.2, 0) is 47.4 Å². The Kier molecular flexibility index (Phi) is 15.9. The van der Waals surface area contributed by atoms with Gasteiger partial charge in [0.1, 0.15) is 116 Å². The zero-order chi connectivity index (χ0) is 42.2. The van der Waals surface area contributed by atoms with E-state index in [1.54, 1.807) is 0 Å². The van der Waals surface area contributed by atoms with Crippen LogP contribution in [0.4, 0.5) is 0 Å². The number of aliphatic hydroxyl groups excluding tert-OH is 16. The normalized spacial score (nSPS) is 52.4. The van der Waals surface area contributed by atoms with E-state index in [1.165, 1.54) is 0 Å². The third-order valence-electron chi connectivity index (χ3n) is 10.3.